The molecule has 2 aromatic heterocycles. The quantitative estimate of drug-likeness (QED) is 0.361. The fourth-order valence-electron chi connectivity index (χ4n) is 3.64. The third kappa shape index (κ3) is 5.54. The summed E-state index contributed by atoms with van der Waals surface area (Å²) in [6.45, 7) is 6.39. The summed E-state index contributed by atoms with van der Waals surface area (Å²) in [5.41, 5.74) is 3.10. The Morgan fingerprint density at radius 3 is 2.57 bits per heavy atom. The van der Waals surface area contributed by atoms with Crippen LogP contribution in [0.5, 0.6) is 0 Å². The predicted octanol–water partition coefficient (Wildman–Crippen LogP) is 5.78. The maximum absolute atomic E-state index is 12.9. The number of nitrogens with one attached hydrogen (secondary N) is 2. The molecule has 0 atom stereocenters. The summed E-state index contributed by atoms with van der Waals surface area (Å²) in [5.74, 6) is 0.509. The number of fused-ring (bicyclic) bond motifs is 1. The number of hydrogen-bond acceptors (Lipinski definition) is 5. The predicted molar refractivity (Wildman–Crippen MR) is 138 cm³/mol. The van der Waals surface area contributed by atoms with Gasteiger partial charge in [0.2, 0.25) is 5.91 Å². The van der Waals surface area contributed by atoms with Crippen molar-refractivity contribution in [3.8, 4) is 0 Å². The highest BCUT2D eigenvalue weighted by Gasteiger charge is 2.30. The molecule has 0 unspecified atom stereocenters. The van der Waals surface area contributed by atoms with E-state index in [0.717, 1.165) is 34.0 Å². The van der Waals surface area contributed by atoms with Gasteiger partial charge in [0.25, 0.3) is 5.91 Å². The molecule has 1 aliphatic rings. The molecule has 35 heavy (non-hydrogen) atoms. The average molecular weight is 486 g/mol. The van der Waals surface area contributed by atoms with Gasteiger partial charge in [-0.25, -0.2) is 9.50 Å². The molecule has 8 heteroatoms. The lowest BCUT2D eigenvalue weighted by Crippen LogP contribution is -2.15. The zero-order valence-electron chi connectivity index (χ0n) is 19.9. The molecule has 7 nitrogen and oxygen atoms in total. The maximum atomic E-state index is 12.9. The van der Waals surface area contributed by atoms with Crippen molar-refractivity contribution < 1.29 is 9.59 Å². The zero-order valence-corrected chi connectivity index (χ0v) is 20.7. The first kappa shape index (κ1) is 23.1. The van der Waals surface area contributed by atoms with Gasteiger partial charge in [0, 0.05) is 22.1 Å². The monoisotopic (exact) mass is 485 g/mol. The van der Waals surface area contributed by atoms with Crippen LogP contribution in [0.15, 0.2) is 76.8 Å². The summed E-state index contributed by atoms with van der Waals surface area (Å²) in [6, 6.07) is 19.2. The van der Waals surface area contributed by atoms with Gasteiger partial charge in [0.1, 0.15) is 5.03 Å². The highest BCUT2D eigenvalue weighted by atomic mass is 32.2. The number of carbonyl (C=O) groups is 2. The van der Waals surface area contributed by atoms with Crippen molar-refractivity contribution in [2.75, 3.05) is 10.6 Å². The third-order valence-electron chi connectivity index (χ3n) is 5.80. The normalized spacial score (nSPS) is 13.6. The lowest BCUT2D eigenvalue weighted by Gasteiger charge is -2.19. The number of carbonyl (C=O) groups excluding carboxylic acids is 2. The van der Waals surface area contributed by atoms with Crippen molar-refractivity contribution in [3.05, 3.63) is 78.0 Å². The van der Waals surface area contributed by atoms with Crippen molar-refractivity contribution in [2.24, 2.45) is 5.92 Å². The van der Waals surface area contributed by atoms with Gasteiger partial charge in [-0.3, -0.25) is 9.59 Å². The molecule has 178 valence electrons. The van der Waals surface area contributed by atoms with Gasteiger partial charge >= 0.3 is 0 Å². The van der Waals surface area contributed by atoms with Crippen LogP contribution in [0.25, 0.3) is 5.65 Å². The Kier molecular flexibility index (Phi) is 6.06. The van der Waals surface area contributed by atoms with Gasteiger partial charge in [-0.15, -0.1) is 0 Å². The van der Waals surface area contributed by atoms with Crippen LogP contribution in [-0.2, 0) is 10.2 Å². The Balaban J connectivity index is 1.28. The lowest BCUT2D eigenvalue weighted by molar-refractivity contribution is -0.117. The first-order chi connectivity index (χ1) is 16.7. The number of benzene rings is 2. The summed E-state index contributed by atoms with van der Waals surface area (Å²) in [4.78, 5) is 30.2. The number of aromatic nitrogens is 3. The number of amides is 2. The average Bonchev–Trinajstić information content (AvgIpc) is 3.60. The molecule has 0 radical (unpaired) electrons. The molecule has 4 aromatic rings. The van der Waals surface area contributed by atoms with Crippen molar-refractivity contribution in [1.29, 1.82) is 0 Å². The van der Waals surface area contributed by atoms with E-state index >= 15 is 0 Å². The number of anilines is 2. The maximum Gasteiger partial charge on any atom is 0.255 e. The zero-order chi connectivity index (χ0) is 24.6. The second-order valence-corrected chi connectivity index (χ2v) is 10.9. The van der Waals surface area contributed by atoms with Crippen LogP contribution in [0.2, 0.25) is 0 Å². The molecule has 1 aliphatic carbocycles. The Labute approximate surface area is 208 Å². The van der Waals surface area contributed by atoms with Gasteiger partial charge in [0.15, 0.2) is 11.5 Å². The Bertz CT molecular complexity index is 1420. The van der Waals surface area contributed by atoms with Gasteiger partial charge in [-0.05, 0) is 66.3 Å². The smallest absolute Gasteiger partial charge is 0.255 e. The van der Waals surface area contributed by atoms with E-state index in [-0.39, 0.29) is 23.1 Å². The molecular weight excluding hydrogens is 458 g/mol. The summed E-state index contributed by atoms with van der Waals surface area (Å²) in [5, 5.41) is 11.2. The fraction of sp³-hybridized carbons (Fsp3) is 0.259. The minimum absolute atomic E-state index is 0.0204. The Morgan fingerprint density at radius 2 is 1.80 bits per heavy atom. The third-order valence-corrected chi connectivity index (χ3v) is 6.72. The highest BCUT2D eigenvalue weighted by molar-refractivity contribution is 7.99. The van der Waals surface area contributed by atoms with Crippen molar-refractivity contribution >= 4 is 40.7 Å². The summed E-state index contributed by atoms with van der Waals surface area (Å²) in [6.07, 6.45) is 3.62. The molecule has 2 heterocycles. The number of imidazole rings is 1. The number of hydrogen-bond donors (Lipinski definition) is 2. The van der Waals surface area contributed by atoms with Crippen LogP contribution >= 0.6 is 11.8 Å². The molecule has 0 spiro atoms. The van der Waals surface area contributed by atoms with Gasteiger partial charge in [-0.2, -0.15) is 5.10 Å². The van der Waals surface area contributed by atoms with E-state index in [4.69, 9.17) is 0 Å². The highest BCUT2D eigenvalue weighted by Crippen LogP contribution is 2.31. The molecule has 2 N–H and O–H groups in total. The van der Waals surface area contributed by atoms with Crippen molar-refractivity contribution in [2.45, 2.75) is 48.9 Å². The van der Waals surface area contributed by atoms with Crippen LogP contribution < -0.4 is 10.6 Å². The fourth-order valence-corrected chi connectivity index (χ4v) is 4.48. The SMILES string of the molecule is CC(C)(C)c1cccc(C(=O)Nc2cccc(Sc3ccc4nc(NC(=O)C5CC5)cn4n3)c2)c1. The minimum atomic E-state index is -0.142. The molecule has 1 fully saturated rings. The summed E-state index contributed by atoms with van der Waals surface area (Å²) >= 11 is 1.49. The molecule has 5 rings (SSSR count). The molecule has 2 amide bonds. The van der Waals surface area contributed by atoms with E-state index in [2.05, 4.69) is 41.5 Å². The van der Waals surface area contributed by atoms with Crippen LogP contribution in [0.1, 0.15) is 49.5 Å². The van der Waals surface area contributed by atoms with E-state index < -0.39 is 0 Å². The summed E-state index contributed by atoms with van der Waals surface area (Å²) in [7, 11) is 0. The lowest BCUT2D eigenvalue weighted by atomic mass is 9.86. The Morgan fingerprint density at radius 1 is 1.00 bits per heavy atom. The van der Waals surface area contributed by atoms with Crippen molar-refractivity contribution in [3.63, 3.8) is 0 Å². The molecule has 0 aliphatic heterocycles. The van der Waals surface area contributed by atoms with Crippen LogP contribution in [0.3, 0.4) is 0 Å². The number of nitrogens with zero attached hydrogens (tertiary/aromatic N) is 3. The van der Waals surface area contributed by atoms with Gasteiger partial charge < -0.3 is 10.6 Å². The minimum Gasteiger partial charge on any atom is -0.322 e. The second kappa shape index (κ2) is 9.19. The van der Waals surface area contributed by atoms with Crippen molar-refractivity contribution in [1.82, 2.24) is 14.6 Å². The topological polar surface area (TPSA) is 88.4 Å². The number of rotatable bonds is 6. The molecular formula is C27H27N5O2S. The van der Waals surface area contributed by atoms with Gasteiger partial charge in [0.05, 0.1) is 6.20 Å². The first-order valence-electron chi connectivity index (χ1n) is 11.6. The first-order valence-corrected chi connectivity index (χ1v) is 12.4. The van der Waals surface area contributed by atoms with Crippen LogP contribution in [-0.4, -0.2) is 26.4 Å². The molecule has 0 bridgehead atoms. The molecule has 2 aromatic carbocycles. The van der Waals surface area contributed by atoms with Crippen LogP contribution in [0, 0.1) is 5.92 Å². The second-order valence-electron chi connectivity index (χ2n) is 9.78. The van der Waals surface area contributed by atoms with E-state index in [1.54, 1.807) is 10.7 Å². The van der Waals surface area contributed by atoms with E-state index in [1.165, 1.54) is 11.8 Å². The largest absolute Gasteiger partial charge is 0.322 e. The van der Waals surface area contributed by atoms with Crippen LogP contribution in [0.4, 0.5) is 11.5 Å². The summed E-state index contributed by atoms with van der Waals surface area (Å²) < 4.78 is 1.67. The molecule has 1 saturated carbocycles. The molecule has 0 saturated heterocycles. The van der Waals surface area contributed by atoms with E-state index in [0.29, 0.717) is 17.0 Å². The Hall–Kier alpha value is -3.65. The van der Waals surface area contributed by atoms with E-state index in [1.807, 2.05) is 60.7 Å². The standard InChI is InChI=1S/C27H27N5O2S/c1-27(2,3)19-7-4-6-18(14-19)26(34)28-20-8-5-9-21(15-20)35-24-13-12-23-29-22(16-32(23)31-24)30-25(33)17-10-11-17/h4-9,12-17H,10-11H2,1-3H3,(H,28,34)(H,30,33). The van der Waals surface area contributed by atoms with E-state index in [9.17, 15) is 9.59 Å². The van der Waals surface area contributed by atoms with Gasteiger partial charge in [-0.1, -0.05) is 50.7 Å².